The molecule has 2 N–H and O–H groups in total. The Hall–Kier alpha value is -2.62. The minimum atomic E-state index is -0.942. The van der Waals surface area contributed by atoms with Gasteiger partial charge in [-0.1, -0.05) is 0 Å². The first-order chi connectivity index (χ1) is 12.6. The van der Waals surface area contributed by atoms with Gasteiger partial charge >= 0.3 is 6.09 Å². The highest BCUT2D eigenvalue weighted by molar-refractivity contribution is 8.18. The van der Waals surface area contributed by atoms with Gasteiger partial charge in [0, 0.05) is 24.8 Å². The Kier molecular flexibility index (Phi) is 5.09. The highest BCUT2D eigenvalue weighted by Gasteiger charge is 2.37. The maximum absolute atomic E-state index is 11.7. The molecule has 0 aliphatic carbocycles. The standard InChI is InChI=1S/C17H21N5O4S/c1-17(2,3)22(16(25)26)11-5-7-21(9-11)14-18-6-4-10(19-14)8-12-13(23)20-15(24)27-12/h4,6,8,11H,5,7,9H2,1-3H3,(H,25,26)(H,20,23,24)/b12-8+. The number of hydrogen-bond donors (Lipinski definition) is 2. The Morgan fingerprint density at radius 1 is 1.44 bits per heavy atom. The van der Waals surface area contributed by atoms with Crippen LogP contribution in [-0.2, 0) is 4.79 Å². The van der Waals surface area contributed by atoms with E-state index in [1.807, 2.05) is 25.7 Å². The molecular weight excluding hydrogens is 370 g/mol. The molecule has 3 heterocycles. The van der Waals surface area contributed by atoms with E-state index < -0.39 is 22.8 Å². The summed E-state index contributed by atoms with van der Waals surface area (Å²) in [7, 11) is 0. The molecular formula is C17H21N5O4S. The van der Waals surface area contributed by atoms with E-state index in [4.69, 9.17) is 0 Å². The minimum absolute atomic E-state index is 0.151. The van der Waals surface area contributed by atoms with Crippen molar-refractivity contribution >= 4 is 41.0 Å². The Bertz CT molecular complexity index is 820. The fourth-order valence-corrected chi connectivity index (χ4v) is 3.94. The summed E-state index contributed by atoms with van der Waals surface area (Å²) in [5.74, 6) is 0.0366. The average molecular weight is 391 g/mol. The lowest BCUT2D eigenvalue weighted by Crippen LogP contribution is -2.52. The molecule has 144 valence electrons. The van der Waals surface area contributed by atoms with Gasteiger partial charge in [-0.15, -0.1) is 0 Å². The van der Waals surface area contributed by atoms with Gasteiger partial charge in [0.05, 0.1) is 16.6 Å². The summed E-state index contributed by atoms with van der Waals surface area (Å²) in [6.07, 6.45) is 2.87. The third kappa shape index (κ3) is 4.21. The van der Waals surface area contributed by atoms with Crippen molar-refractivity contribution in [1.29, 1.82) is 0 Å². The topological polar surface area (TPSA) is 116 Å². The number of rotatable bonds is 3. The molecule has 1 unspecified atom stereocenters. The zero-order chi connectivity index (χ0) is 19.8. The first-order valence-electron chi connectivity index (χ1n) is 8.50. The molecule has 0 aromatic carbocycles. The number of nitrogens with zero attached hydrogens (tertiary/aromatic N) is 4. The van der Waals surface area contributed by atoms with E-state index in [0.29, 0.717) is 31.2 Å². The Labute approximate surface area is 160 Å². The van der Waals surface area contributed by atoms with Gasteiger partial charge in [-0.05, 0) is 51.1 Å². The summed E-state index contributed by atoms with van der Waals surface area (Å²) in [5, 5.41) is 11.4. The number of thioether (sulfide) groups is 1. The van der Waals surface area contributed by atoms with Crippen molar-refractivity contribution in [2.24, 2.45) is 0 Å². The van der Waals surface area contributed by atoms with Crippen molar-refractivity contribution in [2.45, 2.75) is 38.8 Å². The van der Waals surface area contributed by atoms with Crippen molar-refractivity contribution in [3.63, 3.8) is 0 Å². The minimum Gasteiger partial charge on any atom is -0.465 e. The second-order valence-electron chi connectivity index (χ2n) is 7.35. The first-order valence-corrected chi connectivity index (χ1v) is 9.32. The molecule has 27 heavy (non-hydrogen) atoms. The van der Waals surface area contributed by atoms with Crippen molar-refractivity contribution in [3.05, 3.63) is 22.9 Å². The Morgan fingerprint density at radius 3 is 2.78 bits per heavy atom. The second kappa shape index (κ2) is 7.18. The van der Waals surface area contributed by atoms with Gasteiger partial charge in [-0.25, -0.2) is 14.8 Å². The van der Waals surface area contributed by atoms with Crippen molar-refractivity contribution in [1.82, 2.24) is 20.2 Å². The zero-order valence-electron chi connectivity index (χ0n) is 15.3. The Balaban J connectivity index is 1.77. The van der Waals surface area contributed by atoms with Crippen LogP contribution in [0.15, 0.2) is 17.2 Å². The van der Waals surface area contributed by atoms with Gasteiger partial charge in [0.25, 0.3) is 11.1 Å². The van der Waals surface area contributed by atoms with E-state index >= 15 is 0 Å². The van der Waals surface area contributed by atoms with Gasteiger partial charge in [-0.2, -0.15) is 0 Å². The molecule has 2 aliphatic heterocycles. The summed E-state index contributed by atoms with van der Waals surface area (Å²) in [6.45, 7) is 6.76. The molecule has 1 atom stereocenters. The molecule has 9 nitrogen and oxygen atoms in total. The van der Waals surface area contributed by atoms with E-state index in [1.165, 1.54) is 4.90 Å². The van der Waals surface area contributed by atoms with Crippen LogP contribution in [0.3, 0.4) is 0 Å². The van der Waals surface area contributed by atoms with E-state index in [-0.39, 0.29) is 10.9 Å². The van der Waals surface area contributed by atoms with Crippen LogP contribution < -0.4 is 10.2 Å². The predicted molar refractivity (Wildman–Crippen MR) is 101 cm³/mol. The van der Waals surface area contributed by atoms with E-state index in [1.54, 1.807) is 18.3 Å². The number of carbonyl (C=O) groups is 3. The van der Waals surface area contributed by atoms with E-state index in [2.05, 4.69) is 15.3 Å². The lowest BCUT2D eigenvalue weighted by atomic mass is 10.0. The largest absolute Gasteiger partial charge is 0.465 e. The molecule has 0 bridgehead atoms. The first kappa shape index (κ1) is 19.2. The predicted octanol–water partition coefficient (Wildman–Crippen LogP) is 2.16. The number of nitrogens with one attached hydrogen (secondary N) is 1. The summed E-state index contributed by atoms with van der Waals surface area (Å²) in [4.78, 5) is 47.0. The Morgan fingerprint density at radius 2 is 2.19 bits per heavy atom. The third-order valence-corrected chi connectivity index (χ3v) is 5.14. The number of carbonyl (C=O) groups excluding carboxylic acids is 2. The highest BCUT2D eigenvalue weighted by atomic mass is 32.2. The number of carboxylic acid groups (broad SMARTS) is 1. The number of amides is 3. The van der Waals surface area contributed by atoms with Crippen LogP contribution in [0, 0.1) is 0 Å². The fourth-order valence-electron chi connectivity index (χ4n) is 3.28. The van der Waals surface area contributed by atoms with E-state index in [9.17, 15) is 19.5 Å². The van der Waals surface area contributed by atoms with Crippen LogP contribution in [-0.4, -0.2) is 61.9 Å². The van der Waals surface area contributed by atoms with Crippen molar-refractivity contribution in [2.75, 3.05) is 18.0 Å². The third-order valence-electron chi connectivity index (χ3n) is 4.33. The normalized spacial score (nSPS) is 21.7. The number of aromatic nitrogens is 2. The van der Waals surface area contributed by atoms with Crippen LogP contribution >= 0.6 is 11.8 Å². The quantitative estimate of drug-likeness (QED) is 0.753. The molecule has 1 aromatic rings. The maximum atomic E-state index is 11.7. The number of hydrogen-bond acceptors (Lipinski definition) is 7. The molecule has 0 saturated carbocycles. The van der Waals surface area contributed by atoms with Gasteiger partial charge in [-0.3, -0.25) is 19.8 Å². The molecule has 3 amide bonds. The van der Waals surface area contributed by atoms with Crippen molar-refractivity contribution in [3.8, 4) is 0 Å². The molecule has 2 fully saturated rings. The highest BCUT2D eigenvalue weighted by Crippen LogP contribution is 2.27. The lowest BCUT2D eigenvalue weighted by molar-refractivity contribution is -0.115. The number of anilines is 1. The van der Waals surface area contributed by atoms with E-state index in [0.717, 1.165) is 11.8 Å². The molecule has 0 spiro atoms. The molecule has 2 saturated heterocycles. The average Bonchev–Trinajstić information content (AvgIpc) is 3.13. The lowest BCUT2D eigenvalue weighted by Gasteiger charge is -2.37. The van der Waals surface area contributed by atoms with Crippen LogP contribution in [0.1, 0.15) is 32.9 Å². The van der Waals surface area contributed by atoms with Gasteiger partial charge in [0.15, 0.2) is 0 Å². The summed E-state index contributed by atoms with van der Waals surface area (Å²) in [5.41, 5.74) is 0.0147. The van der Waals surface area contributed by atoms with Crippen LogP contribution in [0.2, 0.25) is 0 Å². The molecule has 2 aliphatic rings. The zero-order valence-corrected chi connectivity index (χ0v) is 16.1. The van der Waals surface area contributed by atoms with Crippen LogP contribution in [0.4, 0.5) is 15.5 Å². The van der Waals surface area contributed by atoms with Gasteiger partial charge < -0.3 is 10.0 Å². The molecule has 0 radical (unpaired) electrons. The smallest absolute Gasteiger partial charge is 0.408 e. The van der Waals surface area contributed by atoms with Gasteiger partial charge in [0.2, 0.25) is 5.95 Å². The van der Waals surface area contributed by atoms with Crippen molar-refractivity contribution < 1.29 is 19.5 Å². The summed E-state index contributed by atoms with van der Waals surface area (Å²) < 4.78 is 0. The SMILES string of the molecule is CC(C)(C)N(C(=O)O)C1CCN(c2nccc(/C=C3/SC(=O)NC3=O)n2)C1. The van der Waals surface area contributed by atoms with Crippen LogP contribution in [0.25, 0.3) is 6.08 Å². The summed E-state index contributed by atoms with van der Waals surface area (Å²) >= 11 is 0.832. The fraction of sp³-hybridized carbons (Fsp3) is 0.471. The van der Waals surface area contributed by atoms with Crippen LogP contribution in [0.5, 0.6) is 0 Å². The van der Waals surface area contributed by atoms with Gasteiger partial charge in [0.1, 0.15) is 0 Å². The summed E-state index contributed by atoms with van der Waals surface area (Å²) in [6, 6.07) is 1.50. The maximum Gasteiger partial charge on any atom is 0.408 e. The second-order valence-corrected chi connectivity index (χ2v) is 8.36. The monoisotopic (exact) mass is 391 g/mol. The molecule has 10 heteroatoms. The molecule has 1 aromatic heterocycles. The number of imide groups is 1. The molecule has 3 rings (SSSR count).